The highest BCUT2D eigenvalue weighted by molar-refractivity contribution is 7.92. The van der Waals surface area contributed by atoms with Crippen LogP contribution in [0.4, 0.5) is 11.4 Å². The summed E-state index contributed by atoms with van der Waals surface area (Å²) in [5, 5.41) is 7.37. The molecule has 0 saturated heterocycles. The molecule has 4 aromatic carbocycles. The first-order valence-corrected chi connectivity index (χ1v) is 14.1. The van der Waals surface area contributed by atoms with Gasteiger partial charge in [-0.25, -0.2) is 13.8 Å². The first kappa shape index (κ1) is 28.5. The van der Waals surface area contributed by atoms with Gasteiger partial charge in [-0.05, 0) is 73.5 Å². The third-order valence-electron chi connectivity index (χ3n) is 5.98. The van der Waals surface area contributed by atoms with Gasteiger partial charge in [-0.2, -0.15) is 5.10 Å². The number of hydrogen-bond donors (Lipinski definition) is 2. The molecule has 0 aliphatic heterocycles. The molecule has 0 spiro atoms. The van der Waals surface area contributed by atoms with Crippen LogP contribution in [0.5, 0.6) is 0 Å². The highest BCUT2D eigenvalue weighted by atomic mass is 35.5. The Kier molecular flexibility index (Phi) is 8.98. The van der Waals surface area contributed by atoms with Crippen LogP contribution in [0.1, 0.15) is 28.4 Å². The van der Waals surface area contributed by atoms with E-state index in [-0.39, 0.29) is 16.5 Å². The zero-order valence-corrected chi connectivity index (χ0v) is 23.4. The zero-order valence-electron chi connectivity index (χ0n) is 21.8. The van der Waals surface area contributed by atoms with E-state index in [2.05, 4.69) is 15.8 Å². The van der Waals surface area contributed by atoms with Crippen molar-refractivity contribution < 1.29 is 18.0 Å². The number of rotatable bonds is 9. The van der Waals surface area contributed by atoms with Gasteiger partial charge in [0.25, 0.3) is 21.8 Å². The molecule has 0 atom stereocenters. The molecule has 0 unspecified atom stereocenters. The second-order valence-corrected chi connectivity index (χ2v) is 11.2. The highest BCUT2D eigenvalue weighted by Gasteiger charge is 2.27. The van der Waals surface area contributed by atoms with Gasteiger partial charge < -0.3 is 5.32 Å². The molecule has 0 radical (unpaired) electrons. The summed E-state index contributed by atoms with van der Waals surface area (Å²) < 4.78 is 28.0. The average Bonchev–Trinajstić information content (AvgIpc) is 2.97. The van der Waals surface area contributed by atoms with Crippen LogP contribution in [0.25, 0.3) is 0 Å². The van der Waals surface area contributed by atoms with E-state index in [0.717, 1.165) is 9.87 Å². The van der Waals surface area contributed by atoms with Gasteiger partial charge >= 0.3 is 0 Å². The van der Waals surface area contributed by atoms with Crippen LogP contribution in [-0.4, -0.2) is 32.5 Å². The van der Waals surface area contributed by atoms with Gasteiger partial charge in [0.15, 0.2) is 0 Å². The average molecular weight is 575 g/mol. The van der Waals surface area contributed by atoms with E-state index < -0.39 is 22.5 Å². The summed E-state index contributed by atoms with van der Waals surface area (Å²) in [6, 6.07) is 28.5. The second-order valence-electron chi connectivity index (χ2n) is 8.89. The lowest BCUT2D eigenvalue weighted by Gasteiger charge is -2.24. The van der Waals surface area contributed by atoms with Crippen molar-refractivity contribution in [1.82, 2.24) is 5.43 Å². The van der Waals surface area contributed by atoms with Crippen LogP contribution in [0, 0.1) is 6.92 Å². The maximum absolute atomic E-state index is 13.5. The van der Waals surface area contributed by atoms with Gasteiger partial charge in [-0.15, -0.1) is 0 Å². The number of halogens is 1. The monoisotopic (exact) mass is 574 g/mol. The second kappa shape index (κ2) is 12.6. The summed E-state index contributed by atoms with van der Waals surface area (Å²) in [5.74, 6) is -0.902. The van der Waals surface area contributed by atoms with Gasteiger partial charge in [-0.1, -0.05) is 66.2 Å². The van der Waals surface area contributed by atoms with E-state index >= 15 is 0 Å². The van der Waals surface area contributed by atoms with E-state index in [1.807, 2.05) is 6.07 Å². The van der Waals surface area contributed by atoms with Crippen molar-refractivity contribution in [3.8, 4) is 0 Å². The molecule has 0 fully saturated rings. The number of hydrogen-bond acceptors (Lipinski definition) is 5. The molecular formula is C30H27ClN4O4S. The Balaban J connectivity index is 1.51. The molecule has 2 N–H and O–H groups in total. The highest BCUT2D eigenvalue weighted by Crippen LogP contribution is 2.28. The predicted molar refractivity (Wildman–Crippen MR) is 158 cm³/mol. The molecular weight excluding hydrogens is 548 g/mol. The first-order valence-electron chi connectivity index (χ1n) is 12.3. The fourth-order valence-electron chi connectivity index (χ4n) is 3.76. The number of benzene rings is 4. The van der Waals surface area contributed by atoms with E-state index in [9.17, 15) is 18.0 Å². The molecule has 0 saturated carbocycles. The van der Waals surface area contributed by atoms with E-state index in [0.29, 0.717) is 27.5 Å². The van der Waals surface area contributed by atoms with Gasteiger partial charge in [0.2, 0.25) is 0 Å². The molecule has 204 valence electrons. The number of carbonyl (C=O) groups is 2. The van der Waals surface area contributed by atoms with Crippen LogP contribution in [0.3, 0.4) is 0 Å². The van der Waals surface area contributed by atoms with E-state index in [4.69, 9.17) is 11.6 Å². The van der Waals surface area contributed by atoms with Crippen molar-refractivity contribution in [2.24, 2.45) is 5.10 Å². The lowest BCUT2D eigenvalue weighted by atomic mass is 10.1. The fraction of sp³-hybridized carbons (Fsp3) is 0.100. The van der Waals surface area contributed by atoms with Crippen molar-refractivity contribution in [1.29, 1.82) is 0 Å². The van der Waals surface area contributed by atoms with Crippen molar-refractivity contribution in [3.05, 3.63) is 125 Å². The molecule has 8 nitrogen and oxygen atoms in total. The predicted octanol–water partition coefficient (Wildman–Crippen LogP) is 5.64. The molecule has 10 heteroatoms. The number of aryl methyl sites for hydroxylation is 1. The van der Waals surface area contributed by atoms with Crippen LogP contribution in [0.15, 0.2) is 113 Å². The molecule has 0 heterocycles. The van der Waals surface area contributed by atoms with Crippen LogP contribution in [-0.2, 0) is 14.8 Å². The normalized spacial score (nSPS) is 11.5. The van der Waals surface area contributed by atoms with Crippen LogP contribution < -0.4 is 15.0 Å². The van der Waals surface area contributed by atoms with Crippen molar-refractivity contribution in [2.45, 2.75) is 18.7 Å². The summed E-state index contributed by atoms with van der Waals surface area (Å²) in [4.78, 5) is 25.5. The standard InChI is InChI=1S/C30H27ClN4O4S/c1-21-16-17-26(19-28(21)31)35(40(38,39)27-14-7-4-8-15-27)20-29(36)34-33-22(2)24-12-9-13-25(18-24)32-30(37)23-10-5-3-6-11-23/h3-19H,20H2,1-2H3,(H,32,37)(H,34,36)/b33-22+. The van der Waals surface area contributed by atoms with Gasteiger partial charge in [-0.3, -0.25) is 13.9 Å². The lowest BCUT2D eigenvalue weighted by Crippen LogP contribution is -2.39. The Morgan fingerprint density at radius 2 is 1.50 bits per heavy atom. The van der Waals surface area contributed by atoms with Crippen LogP contribution in [0.2, 0.25) is 5.02 Å². The van der Waals surface area contributed by atoms with Gasteiger partial charge in [0, 0.05) is 16.3 Å². The molecule has 4 rings (SSSR count). The SMILES string of the molecule is C/C(=N\NC(=O)CN(c1ccc(C)c(Cl)c1)S(=O)(=O)c1ccccc1)c1cccc(NC(=O)c2ccccc2)c1. The van der Waals surface area contributed by atoms with Crippen LogP contribution >= 0.6 is 11.6 Å². The summed E-state index contributed by atoms with van der Waals surface area (Å²) in [7, 11) is -4.08. The number of hydrazone groups is 1. The smallest absolute Gasteiger partial charge is 0.264 e. The topological polar surface area (TPSA) is 108 Å². The Morgan fingerprint density at radius 1 is 0.850 bits per heavy atom. The van der Waals surface area contributed by atoms with Gasteiger partial charge in [0.05, 0.1) is 16.3 Å². The third-order valence-corrected chi connectivity index (χ3v) is 8.18. The number of sulfonamides is 1. The van der Waals surface area contributed by atoms with E-state index in [1.54, 1.807) is 92.7 Å². The minimum atomic E-state index is -4.08. The Morgan fingerprint density at radius 3 is 2.17 bits per heavy atom. The summed E-state index contributed by atoms with van der Waals surface area (Å²) in [6.45, 7) is 2.96. The number of nitrogens with one attached hydrogen (secondary N) is 2. The number of anilines is 2. The zero-order chi connectivity index (χ0) is 28.7. The fourth-order valence-corrected chi connectivity index (χ4v) is 5.37. The summed E-state index contributed by atoms with van der Waals surface area (Å²) in [6.07, 6.45) is 0. The number of nitrogens with zero attached hydrogens (tertiary/aromatic N) is 2. The van der Waals surface area contributed by atoms with E-state index in [1.165, 1.54) is 18.2 Å². The van der Waals surface area contributed by atoms with Crippen molar-refractivity contribution in [2.75, 3.05) is 16.2 Å². The van der Waals surface area contributed by atoms with Crippen molar-refractivity contribution in [3.63, 3.8) is 0 Å². The summed E-state index contributed by atoms with van der Waals surface area (Å²) in [5.41, 5.74) is 5.66. The Bertz CT molecular complexity index is 1660. The molecule has 2 amide bonds. The number of amides is 2. The molecule has 0 aromatic heterocycles. The minimum absolute atomic E-state index is 0.0357. The Labute approximate surface area is 238 Å². The number of carbonyl (C=O) groups excluding carboxylic acids is 2. The quantitative estimate of drug-likeness (QED) is 0.199. The molecule has 40 heavy (non-hydrogen) atoms. The third kappa shape index (κ3) is 6.93. The van der Waals surface area contributed by atoms with Gasteiger partial charge in [0.1, 0.15) is 6.54 Å². The molecule has 0 aliphatic rings. The van der Waals surface area contributed by atoms with Crippen molar-refractivity contribution >= 4 is 50.5 Å². The molecule has 0 aliphatic carbocycles. The maximum atomic E-state index is 13.5. The lowest BCUT2D eigenvalue weighted by molar-refractivity contribution is -0.119. The first-order chi connectivity index (χ1) is 19.1. The molecule has 4 aromatic rings. The Hall–Kier alpha value is -4.47. The minimum Gasteiger partial charge on any atom is -0.322 e. The maximum Gasteiger partial charge on any atom is 0.264 e. The summed E-state index contributed by atoms with van der Waals surface area (Å²) >= 11 is 6.27. The molecule has 0 bridgehead atoms. The largest absolute Gasteiger partial charge is 0.322 e.